The van der Waals surface area contributed by atoms with Crippen LogP contribution < -0.4 is 5.73 Å². The molecule has 1 aliphatic rings. The summed E-state index contributed by atoms with van der Waals surface area (Å²) in [6.45, 7) is 0.873. The number of primary amides is 1. The first kappa shape index (κ1) is 12.0. The number of nitrogens with zero attached hydrogens (tertiary/aromatic N) is 1. The van der Waals surface area contributed by atoms with E-state index in [-0.39, 0.29) is 24.4 Å². The first-order valence-electron chi connectivity index (χ1n) is 4.68. The van der Waals surface area contributed by atoms with Gasteiger partial charge >= 0.3 is 0 Å². The molecule has 1 radical (unpaired) electrons. The largest absolute Gasteiger partial charge is 0.368 e. The summed E-state index contributed by atoms with van der Waals surface area (Å²) in [5.41, 5.74) is 7.60. The highest BCUT2D eigenvalue weighted by Crippen LogP contribution is 2.27. The fourth-order valence-corrected chi connectivity index (χ4v) is 1.99. The van der Waals surface area contributed by atoms with Crippen molar-refractivity contribution < 1.29 is 4.79 Å². The van der Waals surface area contributed by atoms with Crippen molar-refractivity contribution in [2.24, 2.45) is 5.73 Å². The molecule has 1 aromatic rings. The lowest BCUT2D eigenvalue weighted by Crippen LogP contribution is -2.40. The van der Waals surface area contributed by atoms with Gasteiger partial charge in [0, 0.05) is 6.54 Å². The number of carbonyl (C=O) groups excluding carboxylic acids is 1. The molecule has 0 aliphatic carbocycles. The Hall–Kier alpha value is -1.06. The Morgan fingerprint density at radius 2 is 2.40 bits per heavy atom. The van der Waals surface area contributed by atoms with E-state index in [1.807, 2.05) is 30.1 Å². The predicted molar refractivity (Wildman–Crippen MR) is 60.8 cm³/mol. The van der Waals surface area contributed by atoms with E-state index in [9.17, 15) is 4.79 Å². The lowest BCUT2D eigenvalue weighted by molar-refractivity contribution is -0.123. The summed E-state index contributed by atoms with van der Waals surface area (Å²) in [4.78, 5) is 13.3. The van der Waals surface area contributed by atoms with E-state index in [2.05, 4.69) is 6.07 Å². The number of hydrogen-bond donors (Lipinski definition) is 1. The first-order valence-corrected chi connectivity index (χ1v) is 4.68. The Kier molecular flexibility index (Phi) is 3.72. The summed E-state index contributed by atoms with van der Waals surface area (Å²) in [6.07, 6.45) is 0.965. The smallest absolute Gasteiger partial charge is 0.239 e. The van der Waals surface area contributed by atoms with Gasteiger partial charge in [-0.25, -0.2) is 0 Å². The summed E-state index contributed by atoms with van der Waals surface area (Å²) in [7, 11) is 1.93. The second kappa shape index (κ2) is 4.64. The SMILES string of the molecule is CN1CCc2c[c]ccc2C1C(N)=O.Cl. The van der Waals surface area contributed by atoms with Crippen molar-refractivity contribution in [3.63, 3.8) is 0 Å². The molecular formula is C11H14ClN2O. The maximum absolute atomic E-state index is 11.3. The molecule has 3 nitrogen and oxygen atoms in total. The molecule has 4 heteroatoms. The summed E-state index contributed by atoms with van der Waals surface area (Å²) < 4.78 is 0. The Bertz CT molecular complexity index is 367. The van der Waals surface area contributed by atoms with Crippen molar-refractivity contribution in [2.75, 3.05) is 13.6 Å². The normalized spacial score (nSPS) is 20.2. The lowest BCUT2D eigenvalue weighted by atomic mass is 9.93. The van der Waals surface area contributed by atoms with E-state index < -0.39 is 0 Å². The standard InChI is InChI=1S/C11H13N2O.ClH/c1-13-7-6-8-4-2-3-5-9(8)10(13)11(12)14;/h3-5,10H,6-7H2,1H3,(H2,12,14);1H. The highest BCUT2D eigenvalue weighted by Gasteiger charge is 2.28. The Morgan fingerprint density at radius 3 is 3.07 bits per heavy atom. The van der Waals surface area contributed by atoms with Crippen LogP contribution in [0.4, 0.5) is 0 Å². The number of rotatable bonds is 1. The van der Waals surface area contributed by atoms with Crippen LogP contribution in [0.2, 0.25) is 0 Å². The van der Waals surface area contributed by atoms with Crippen LogP contribution in [0, 0.1) is 6.07 Å². The quantitative estimate of drug-likeness (QED) is 0.773. The number of halogens is 1. The third-order valence-corrected chi connectivity index (χ3v) is 2.73. The number of amides is 1. The zero-order valence-electron chi connectivity index (χ0n) is 8.56. The molecule has 0 saturated heterocycles. The molecule has 0 aromatic heterocycles. The van der Waals surface area contributed by atoms with Crippen molar-refractivity contribution >= 4 is 18.3 Å². The molecule has 1 unspecified atom stereocenters. The van der Waals surface area contributed by atoms with Gasteiger partial charge in [0.1, 0.15) is 6.04 Å². The molecule has 15 heavy (non-hydrogen) atoms. The lowest BCUT2D eigenvalue weighted by Gasteiger charge is -2.32. The molecule has 0 bridgehead atoms. The van der Waals surface area contributed by atoms with E-state index in [1.54, 1.807) is 0 Å². The number of fused-ring (bicyclic) bond motifs is 1. The molecule has 81 valence electrons. The summed E-state index contributed by atoms with van der Waals surface area (Å²) in [5.74, 6) is -0.278. The first-order chi connectivity index (χ1) is 6.70. The number of hydrogen-bond acceptors (Lipinski definition) is 2. The molecule has 2 N–H and O–H groups in total. The molecule has 1 amide bonds. The maximum Gasteiger partial charge on any atom is 0.239 e. The van der Waals surface area contributed by atoms with E-state index >= 15 is 0 Å². The second-order valence-corrected chi connectivity index (χ2v) is 3.66. The summed E-state index contributed by atoms with van der Waals surface area (Å²) in [5, 5.41) is 0. The molecular weight excluding hydrogens is 212 g/mol. The molecule has 1 aliphatic heterocycles. The van der Waals surface area contributed by atoms with Crippen molar-refractivity contribution in [1.29, 1.82) is 0 Å². The molecule has 2 rings (SSSR count). The molecule has 1 heterocycles. The molecule has 1 atom stereocenters. The highest BCUT2D eigenvalue weighted by atomic mass is 35.5. The van der Waals surface area contributed by atoms with E-state index in [0.717, 1.165) is 18.5 Å². The van der Waals surface area contributed by atoms with E-state index in [0.29, 0.717) is 0 Å². The third-order valence-electron chi connectivity index (χ3n) is 2.73. The van der Waals surface area contributed by atoms with Crippen molar-refractivity contribution in [2.45, 2.75) is 12.5 Å². The molecule has 0 spiro atoms. The summed E-state index contributed by atoms with van der Waals surface area (Å²) >= 11 is 0. The van der Waals surface area contributed by atoms with Crippen LogP contribution >= 0.6 is 12.4 Å². The van der Waals surface area contributed by atoms with Gasteiger partial charge < -0.3 is 5.73 Å². The van der Waals surface area contributed by atoms with Gasteiger partial charge in [0.2, 0.25) is 5.91 Å². The minimum atomic E-state index is -0.278. The van der Waals surface area contributed by atoms with Crippen LogP contribution in [0.15, 0.2) is 18.2 Å². The minimum absolute atomic E-state index is 0. The van der Waals surface area contributed by atoms with Gasteiger partial charge in [-0.3, -0.25) is 9.69 Å². The van der Waals surface area contributed by atoms with Gasteiger partial charge in [0.25, 0.3) is 0 Å². The number of carbonyl (C=O) groups is 1. The molecule has 0 fully saturated rings. The van der Waals surface area contributed by atoms with Gasteiger partial charge in [-0.15, -0.1) is 12.4 Å². The van der Waals surface area contributed by atoms with Crippen molar-refractivity contribution in [3.05, 3.63) is 35.4 Å². The van der Waals surface area contributed by atoms with Crippen LogP contribution in [0.1, 0.15) is 17.2 Å². The Morgan fingerprint density at radius 1 is 1.67 bits per heavy atom. The highest BCUT2D eigenvalue weighted by molar-refractivity contribution is 5.85. The third kappa shape index (κ3) is 2.13. The fraction of sp³-hybridized carbons (Fsp3) is 0.364. The average Bonchev–Trinajstić information content (AvgIpc) is 2.17. The number of likely N-dealkylation sites (N-methyl/N-ethyl adjacent to an activating group) is 1. The van der Waals surface area contributed by atoms with E-state index in [4.69, 9.17) is 5.73 Å². The zero-order chi connectivity index (χ0) is 10.1. The van der Waals surface area contributed by atoms with Crippen LogP contribution in [-0.2, 0) is 11.2 Å². The molecule has 1 aromatic carbocycles. The monoisotopic (exact) mass is 225 g/mol. The number of benzene rings is 1. The Labute approximate surface area is 95.7 Å². The van der Waals surface area contributed by atoms with Gasteiger partial charge in [-0.2, -0.15) is 0 Å². The van der Waals surface area contributed by atoms with E-state index in [1.165, 1.54) is 5.56 Å². The van der Waals surface area contributed by atoms with Gasteiger partial charge in [-0.05, 0) is 30.7 Å². The zero-order valence-corrected chi connectivity index (χ0v) is 9.38. The van der Waals surface area contributed by atoms with Crippen LogP contribution in [0.25, 0.3) is 0 Å². The minimum Gasteiger partial charge on any atom is -0.368 e. The van der Waals surface area contributed by atoms with Crippen LogP contribution in [-0.4, -0.2) is 24.4 Å². The van der Waals surface area contributed by atoms with Gasteiger partial charge in [0.15, 0.2) is 0 Å². The second-order valence-electron chi connectivity index (χ2n) is 3.66. The molecule has 0 saturated carbocycles. The average molecular weight is 226 g/mol. The van der Waals surface area contributed by atoms with Gasteiger partial charge in [-0.1, -0.05) is 18.2 Å². The predicted octanol–water partition coefficient (Wildman–Crippen LogP) is 0.923. The summed E-state index contributed by atoms with van der Waals surface area (Å²) in [6, 6.07) is 8.46. The van der Waals surface area contributed by atoms with Crippen molar-refractivity contribution in [1.82, 2.24) is 4.90 Å². The maximum atomic E-state index is 11.3. The fourth-order valence-electron chi connectivity index (χ4n) is 1.99. The van der Waals surface area contributed by atoms with Crippen LogP contribution in [0.3, 0.4) is 0 Å². The topological polar surface area (TPSA) is 46.3 Å². The van der Waals surface area contributed by atoms with Crippen molar-refractivity contribution in [3.8, 4) is 0 Å². The Balaban J connectivity index is 0.00000112. The van der Waals surface area contributed by atoms with Crippen LogP contribution in [0.5, 0.6) is 0 Å². The van der Waals surface area contributed by atoms with Gasteiger partial charge in [0.05, 0.1) is 0 Å². The number of nitrogens with two attached hydrogens (primary N) is 1.